The zero-order valence-corrected chi connectivity index (χ0v) is 20.1. The smallest absolute Gasteiger partial charge is 0.333 e. The van der Waals surface area contributed by atoms with Gasteiger partial charge in [0.15, 0.2) is 0 Å². The van der Waals surface area contributed by atoms with E-state index < -0.39 is 5.97 Å². The fraction of sp³-hybridized carbons (Fsp3) is 0.200. The van der Waals surface area contributed by atoms with Crippen molar-refractivity contribution in [1.29, 1.82) is 0 Å². The number of hydrogen-bond acceptors (Lipinski definition) is 4. The van der Waals surface area contributed by atoms with Gasteiger partial charge in [0, 0.05) is 29.6 Å². The third-order valence-electron chi connectivity index (χ3n) is 5.46. The second-order valence-electron chi connectivity index (χ2n) is 8.42. The molecule has 4 nitrogen and oxygen atoms in total. The average Bonchev–Trinajstić information content (AvgIpc) is 2.84. The number of ether oxygens (including phenoxy) is 2. The summed E-state index contributed by atoms with van der Waals surface area (Å²) >= 11 is 0. The molecule has 0 aliphatic heterocycles. The molecule has 5 heteroatoms. The summed E-state index contributed by atoms with van der Waals surface area (Å²) in [6.45, 7) is 10.8. The molecule has 3 rings (SSSR count). The Morgan fingerprint density at radius 1 is 0.686 bits per heavy atom. The maximum absolute atomic E-state index is 14.8. The van der Waals surface area contributed by atoms with E-state index in [1.807, 2.05) is 54.6 Å². The molecule has 35 heavy (non-hydrogen) atoms. The summed E-state index contributed by atoms with van der Waals surface area (Å²) in [6.07, 6.45) is 1.06. The SMILES string of the molecule is C=C(C)C(=O)OCCc1ccc(-c2ccc(-c3ccc(CCOC(=O)C(=C)C)cc3F)cc2)cc1. The molecule has 0 N–H and O–H groups in total. The van der Waals surface area contributed by atoms with Crippen molar-refractivity contribution >= 4 is 11.9 Å². The first-order chi connectivity index (χ1) is 16.7. The Morgan fingerprint density at radius 2 is 1.11 bits per heavy atom. The summed E-state index contributed by atoms with van der Waals surface area (Å²) in [7, 11) is 0. The summed E-state index contributed by atoms with van der Waals surface area (Å²) in [5, 5.41) is 0. The van der Waals surface area contributed by atoms with Gasteiger partial charge < -0.3 is 9.47 Å². The normalized spacial score (nSPS) is 10.5. The Kier molecular flexibility index (Phi) is 8.74. The maximum Gasteiger partial charge on any atom is 0.333 e. The standard InChI is InChI=1S/C30H29FO4/c1-20(2)29(32)34-17-15-22-5-8-24(9-6-22)25-10-12-26(13-11-25)27-14-7-23(19-28(27)31)16-18-35-30(33)21(3)4/h5-14,19H,1,3,15-18H2,2,4H3. The molecule has 0 bridgehead atoms. The number of halogens is 1. The van der Waals surface area contributed by atoms with E-state index in [0.717, 1.165) is 27.8 Å². The highest BCUT2D eigenvalue weighted by molar-refractivity contribution is 5.87. The predicted molar refractivity (Wildman–Crippen MR) is 136 cm³/mol. The van der Waals surface area contributed by atoms with Crippen LogP contribution in [0.15, 0.2) is 91.0 Å². The molecule has 3 aromatic rings. The van der Waals surface area contributed by atoms with Gasteiger partial charge >= 0.3 is 11.9 Å². The van der Waals surface area contributed by atoms with E-state index in [-0.39, 0.29) is 18.4 Å². The summed E-state index contributed by atoms with van der Waals surface area (Å²) < 4.78 is 25.0. The van der Waals surface area contributed by atoms with E-state index in [1.165, 1.54) is 6.07 Å². The van der Waals surface area contributed by atoms with E-state index in [1.54, 1.807) is 19.9 Å². The van der Waals surface area contributed by atoms with E-state index in [2.05, 4.69) is 13.2 Å². The number of esters is 2. The zero-order chi connectivity index (χ0) is 25.4. The van der Waals surface area contributed by atoms with Gasteiger partial charge in [0.1, 0.15) is 5.82 Å². The minimum absolute atomic E-state index is 0.178. The van der Waals surface area contributed by atoms with E-state index in [0.29, 0.717) is 36.2 Å². The third-order valence-corrected chi connectivity index (χ3v) is 5.46. The van der Waals surface area contributed by atoms with Crippen LogP contribution in [-0.2, 0) is 31.9 Å². The largest absolute Gasteiger partial charge is 0.462 e. The number of hydrogen-bond donors (Lipinski definition) is 0. The topological polar surface area (TPSA) is 52.6 Å². The van der Waals surface area contributed by atoms with Crippen LogP contribution in [0.2, 0.25) is 0 Å². The van der Waals surface area contributed by atoms with Crippen LogP contribution in [0.25, 0.3) is 22.3 Å². The van der Waals surface area contributed by atoms with Gasteiger partial charge in [-0.3, -0.25) is 0 Å². The van der Waals surface area contributed by atoms with Crippen molar-refractivity contribution < 1.29 is 23.5 Å². The molecule has 0 saturated heterocycles. The van der Waals surface area contributed by atoms with E-state index in [9.17, 15) is 14.0 Å². The highest BCUT2D eigenvalue weighted by atomic mass is 19.1. The van der Waals surface area contributed by atoms with Crippen LogP contribution in [0, 0.1) is 5.82 Å². The molecule has 0 unspecified atom stereocenters. The Bertz CT molecular complexity index is 1220. The fourth-order valence-electron chi connectivity index (χ4n) is 3.42. The molecule has 180 valence electrons. The lowest BCUT2D eigenvalue weighted by Crippen LogP contribution is -2.08. The molecule has 0 amide bonds. The summed E-state index contributed by atoms with van der Waals surface area (Å²) in [5.74, 6) is -1.14. The average molecular weight is 473 g/mol. The van der Waals surface area contributed by atoms with Crippen LogP contribution < -0.4 is 0 Å². The van der Waals surface area contributed by atoms with Crippen LogP contribution >= 0.6 is 0 Å². The molecule has 0 saturated carbocycles. The van der Waals surface area contributed by atoms with Gasteiger partial charge in [-0.15, -0.1) is 0 Å². The zero-order valence-electron chi connectivity index (χ0n) is 20.1. The molecular weight excluding hydrogens is 443 g/mol. The first-order valence-electron chi connectivity index (χ1n) is 11.4. The second-order valence-corrected chi connectivity index (χ2v) is 8.42. The third kappa shape index (κ3) is 7.24. The van der Waals surface area contributed by atoms with Gasteiger partial charge in [-0.2, -0.15) is 0 Å². The number of carbonyl (C=O) groups is 2. The molecule has 3 aromatic carbocycles. The van der Waals surface area contributed by atoms with Crippen LogP contribution in [-0.4, -0.2) is 25.2 Å². The lowest BCUT2D eigenvalue weighted by atomic mass is 9.98. The van der Waals surface area contributed by atoms with E-state index in [4.69, 9.17) is 9.47 Å². The van der Waals surface area contributed by atoms with Crippen molar-refractivity contribution in [3.8, 4) is 22.3 Å². The van der Waals surface area contributed by atoms with Gasteiger partial charge in [-0.1, -0.05) is 73.8 Å². The Morgan fingerprint density at radius 3 is 1.60 bits per heavy atom. The first-order valence-corrected chi connectivity index (χ1v) is 11.4. The number of carbonyl (C=O) groups excluding carboxylic acids is 2. The minimum atomic E-state index is -0.444. The Labute approximate surface area is 205 Å². The van der Waals surface area contributed by atoms with Crippen molar-refractivity contribution in [1.82, 2.24) is 0 Å². The van der Waals surface area contributed by atoms with Gasteiger partial charge in [0.25, 0.3) is 0 Å². The molecule has 0 fully saturated rings. The number of benzene rings is 3. The molecule has 0 radical (unpaired) electrons. The Hall–Kier alpha value is -3.99. The maximum atomic E-state index is 14.8. The molecule has 0 aromatic heterocycles. The van der Waals surface area contributed by atoms with Crippen molar-refractivity contribution in [2.75, 3.05) is 13.2 Å². The van der Waals surface area contributed by atoms with Crippen LogP contribution in [0.3, 0.4) is 0 Å². The van der Waals surface area contributed by atoms with Crippen LogP contribution in [0.5, 0.6) is 0 Å². The second kappa shape index (κ2) is 11.9. The van der Waals surface area contributed by atoms with Gasteiger partial charge in [0.05, 0.1) is 13.2 Å². The van der Waals surface area contributed by atoms with Crippen molar-refractivity contribution in [3.63, 3.8) is 0 Å². The molecule has 0 aliphatic rings. The predicted octanol–water partition coefficient (Wildman–Crippen LogP) is 6.48. The summed E-state index contributed by atoms with van der Waals surface area (Å²) in [5.41, 5.74) is 5.91. The lowest BCUT2D eigenvalue weighted by Gasteiger charge is -2.09. The summed E-state index contributed by atoms with van der Waals surface area (Å²) in [4.78, 5) is 22.9. The molecule has 0 atom stereocenters. The minimum Gasteiger partial charge on any atom is -0.462 e. The first kappa shape index (κ1) is 25.6. The van der Waals surface area contributed by atoms with Gasteiger partial charge in [0.2, 0.25) is 0 Å². The molecule has 0 heterocycles. The number of rotatable bonds is 10. The highest BCUT2D eigenvalue weighted by Crippen LogP contribution is 2.27. The summed E-state index contributed by atoms with van der Waals surface area (Å²) in [6, 6.07) is 20.8. The van der Waals surface area contributed by atoms with Gasteiger partial charge in [-0.05, 0) is 47.7 Å². The fourth-order valence-corrected chi connectivity index (χ4v) is 3.42. The molecule has 0 aliphatic carbocycles. The lowest BCUT2D eigenvalue weighted by molar-refractivity contribution is -0.139. The van der Waals surface area contributed by atoms with Crippen LogP contribution in [0.4, 0.5) is 4.39 Å². The Balaban J connectivity index is 1.60. The van der Waals surface area contributed by atoms with Crippen molar-refractivity contribution in [3.05, 3.63) is 108 Å². The molecule has 0 spiro atoms. The van der Waals surface area contributed by atoms with Crippen molar-refractivity contribution in [2.24, 2.45) is 0 Å². The quantitative estimate of drug-likeness (QED) is 0.250. The van der Waals surface area contributed by atoms with E-state index >= 15 is 0 Å². The van der Waals surface area contributed by atoms with Gasteiger partial charge in [-0.25, -0.2) is 14.0 Å². The molecular formula is C30H29FO4. The monoisotopic (exact) mass is 472 g/mol. The van der Waals surface area contributed by atoms with Crippen LogP contribution in [0.1, 0.15) is 25.0 Å². The highest BCUT2D eigenvalue weighted by Gasteiger charge is 2.09. The van der Waals surface area contributed by atoms with Crippen molar-refractivity contribution in [2.45, 2.75) is 26.7 Å².